The lowest BCUT2D eigenvalue weighted by Crippen LogP contribution is -2.34. The first-order valence-corrected chi connectivity index (χ1v) is 4.90. The van der Waals surface area contributed by atoms with E-state index in [0.29, 0.717) is 0 Å². The molecular formula is C10H17N3O. The molecule has 2 atom stereocenters. The molecule has 0 aliphatic carbocycles. The Bertz CT molecular complexity index is 249. The maximum atomic E-state index is 9.02. The molecule has 0 aromatic carbocycles. The first-order chi connectivity index (χ1) is 6.77. The third-order valence-electron chi connectivity index (χ3n) is 2.23. The molecule has 1 heterocycles. The number of aliphatic hydroxyl groups excluding tert-OH is 1. The summed E-state index contributed by atoms with van der Waals surface area (Å²) in [6.07, 6.45) is 5.97. The van der Waals surface area contributed by atoms with E-state index in [2.05, 4.69) is 15.3 Å². The minimum absolute atomic E-state index is 0.126. The van der Waals surface area contributed by atoms with E-state index >= 15 is 0 Å². The van der Waals surface area contributed by atoms with Crippen LogP contribution in [0.2, 0.25) is 0 Å². The van der Waals surface area contributed by atoms with Crippen molar-refractivity contribution in [2.75, 3.05) is 6.61 Å². The van der Waals surface area contributed by atoms with Gasteiger partial charge in [0.25, 0.3) is 0 Å². The van der Waals surface area contributed by atoms with Crippen molar-refractivity contribution in [2.24, 2.45) is 0 Å². The van der Waals surface area contributed by atoms with Crippen LogP contribution in [0.3, 0.4) is 0 Å². The zero-order valence-electron chi connectivity index (χ0n) is 8.64. The average molecular weight is 195 g/mol. The van der Waals surface area contributed by atoms with Gasteiger partial charge in [0.1, 0.15) is 0 Å². The van der Waals surface area contributed by atoms with Gasteiger partial charge in [0.2, 0.25) is 0 Å². The van der Waals surface area contributed by atoms with Crippen molar-refractivity contribution in [1.82, 2.24) is 15.3 Å². The van der Waals surface area contributed by atoms with Crippen molar-refractivity contribution in [3.63, 3.8) is 0 Å². The molecule has 0 aliphatic rings. The predicted octanol–water partition coefficient (Wildman–Crippen LogP) is 0.898. The summed E-state index contributed by atoms with van der Waals surface area (Å²) in [4.78, 5) is 8.19. The van der Waals surface area contributed by atoms with E-state index in [4.69, 9.17) is 5.11 Å². The number of nitrogens with zero attached hydrogens (tertiary/aromatic N) is 2. The van der Waals surface area contributed by atoms with E-state index in [9.17, 15) is 0 Å². The predicted molar refractivity (Wildman–Crippen MR) is 54.7 cm³/mol. The largest absolute Gasteiger partial charge is 0.395 e. The summed E-state index contributed by atoms with van der Waals surface area (Å²) in [5.41, 5.74) is 0.902. The van der Waals surface area contributed by atoms with Crippen LogP contribution in [-0.4, -0.2) is 27.7 Å². The Kier molecular flexibility index (Phi) is 4.49. The van der Waals surface area contributed by atoms with Crippen molar-refractivity contribution in [1.29, 1.82) is 0 Å². The molecule has 78 valence electrons. The summed E-state index contributed by atoms with van der Waals surface area (Å²) in [5, 5.41) is 12.3. The van der Waals surface area contributed by atoms with Crippen molar-refractivity contribution < 1.29 is 5.11 Å². The summed E-state index contributed by atoms with van der Waals surface area (Å²) >= 11 is 0. The van der Waals surface area contributed by atoms with Crippen LogP contribution < -0.4 is 5.32 Å². The Morgan fingerprint density at radius 2 is 2.29 bits per heavy atom. The monoisotopic (exact) mass is 195 g/mol. The highest BCUT2D eigenvalue weighted by Crippen LogP contribution is 2.08. The molecule has 0 radical (unpaired) electrons. The molecule has 4 nitrogen and oxygen atoms in total. The lowest BCUT2D eigenvalue weighted by molar-refractivity contribution is 0.229. The summed E-state index contributed by atoms with van der Waals surface area (Å²) in [5.74, 6) is 0. The maximum absolute atomic E-state index is 9.02. The standard InChI is InChI=1S/C10H17N3O/c1-3-9(7-14)13-8(2)10-6-11-4-5-12-10/h4-6,8-9,13-14H,3,7H2,1-2H3. The number of hydrogen-bond donors (Lipinski definition) is 2. The summed E-state index contributed by atoms with van der Waals surface area (Å²) < 4.78 is 0. The van der Waals surface area contributed by atoms with Gasteiger partial charge in [0, 0.05) is 30.7 Å². The number of nitrogens with one attached hydrogen (secondary N) is 1. The van der Waals surface area contributed by atoms with Crippen molar-refractivity contribution in [3.05, 3.63) is 24.3 Å². The second-order valence-corrected chi connectivity index (χ2v) is 3.31. The van der Waals surface area contributed by atoms with Gasteiger partial charge in [-0.25, -0.2) is 0 Å². The molecule has 0 amide bonds. The van der Waals surface area contributed by atoms with Gasteiger partial charge in [0.05, 0.1) is 12.3 Å². The third-order valence-corrected chi connectivity index (χ3v) is 2.23. The van der Waals surface area contributed by atoms with Crippen LogP contribution in [0.4, 0.5) is 0 Å². The van der Waals surface area contributed by atoms with Gasteiger partial charge < -0.3 is 10.4 Å². The molecule has 0 aliphatic heterocycles. The number of aliphatic hydroxyl groups is 1. The SMILES string of the molecule is CCC(CO)NC(C)c1cnccn1. The smallest absolute Gasteiger partial charge is 0.0753 e. The fourth-order valence-electron chi connectivity index (χ4n) is 1.27. The third kappa shape index (κ3) is 3.05. The fourth-order valence-corrected chi connectivity index (χ4v) is 1.27. The highest BCUT2D eigenvalue weighted by molar-refractivity contribution is 5.00. The van der Waals surface area contributed by atoms with Crippen LogP contribution in [0.1, 0.15) is 32.0 Å². The van der Waals surface area contributed by atoms with Crippen molar-refractivity contribution in [2.45, 2.75) is 32.4 Å². The van der Waals surface area contributed by atoms with E-state index in [1.54, 1.807) is 18.6 Å². The summed E-state index contributed by atoms with van der Waals surface area (Å²) in [7, 11) is 0. The van der Waals surface area contributed by atoms with Gasteiger partial charge in [-0.3, -0.25) is 9.97 Å². The minimum Gasteiger partial charge on any atom is -0.395 e. The summed E-state index contributed by atoms with van der Waals surface area (Å²) in [6, 6.07) is 0.257. The van der Waals surface area contributed by atoms with Crippen LogP contribution >= 0.6 is 0 Å². The van der Waals surface area contributed by atoms with Gasteiger partial charge in [-0.15, -0.1) is 0 Å². The van der Waals surface area contributed by atoms with Gasteiger partial charge >= 0.3 is 0 Å². The van der Waals surface area contributed by atoms with Gasteiger partial charge in [0.15, 0.2) is 0 Å². The lowest BCUT2D eigenvalue weighted by Gasteiger charge is -2.19. The quantitative estimate of drug-likeness (QED) is 0.733. The van der Waals surface area contributed by atoms with Crippen molar-refractivity contribution in [3.8, 4) is 0 Å². The zero-order valence-corrected chi connectivity index (χ0v) is 8.64. The van der Waals surface area contributed by atoms with Crippen LogP contribution in [0.15, 0.2) is 18.6 Å². The molecular weight excluding hydrogens is 178 g/mol. The molecule has 0 spiro atoms. The number of hydrogen-bond acceptors (Lipinski definition) is 4. The van der Waals surface area contributed by atoms with Crippen LogP contribution in [0.25, 0.3) is 0 Å². The van der Waals surface area contributed by atoms with Gasteiger partial charge in [-0.1, -0.05) is 6.92 Å². The minimum atomic E-state index is 0.126. The lowest BCUT2D eigenvalue weighted by atomic mass is 10.2. The topological polar surface area (TPSA) is 58.0 Å². The second-order valence-electron chi connectivity index (χ2n) is 3.31. The maximum Gasteiger partial charge on any atom is 0.0753 e. The Balaban J connectivity index is 2.54. The molecule has 0 saturated heterocycles. The van der Waals surface area contributed by atoms with E-state index in [1.807, 2.05) is 13.8 Å². The van der Waals surface area contributed by atoms with Crippen molar-refractivity contribution >= 4 is 0 Å². The molecule has 4 heteroatoms. The van der Waals surface area contributed by atoms with Crippen LogP contribution in [0, 0.1) is 0 Å². The normalized spacial score (nSPS) is 15.1. The number of aromatic nitrogens is 2. The molecule has 0 saturated carbocycles. The molecule has 1 aromatic heterocycles. The van der Waals surface area contributed by atoms with E-state index in [-0.39, 0.29) is 18.7 Å². The van der Waals surface area contributed by atoms with E-state index in [0.717, 1.165) is 12.1 Å². The molecule has 1 aromatic rings. The van der Waals surface area contributed by atoms with Gasteiger partial charge in [-0.05, 0) is 13.3 Å². The highest BCUT2D eigenvalue weighted by Gasteiger charge is 2.11. The molecule has 2 N–H and O–H groups in total. The van der Waals surface area contributed by atoms with E-state index in [1.165, 1.54) is 0 Å². The summed E-state index contributed by atoms with van der Waals surface area (Å²) in [6.45, 7) is 4.21. The zero-order chi connectivity index (χ0) is 10.4. The van der Waals surface area contributed by atoms with Crippen LogP contribution in [-0.2, 0) is 0 Å². The first kappa shape index (κ1) is 11.1. The molecule has 2 unspecified atom stereocenters. The Labute approximate surface area is 84.4 Å². The van der Waals surface area contributed by atoms with Crippen LogP contribution in [0.5, 0.6) is 0 Å². The first-order valence-electron chi connectivity index (χ1n) is 4.90. The molecule has 1 rings (SSSR count). The number of rotatable bonds is 5. The molecule has 0 bridgehead atoms. The Morgan fingerprint density at radius 1 is 1.50 bits per heavy atom. The molecule has 0 fully saturated rings. The fraction of sp³-hybridized carbons (Fsp3) is 0.600. The molecule has 14 heavy (non-hydrogen) atoms. The van der Waals surface area contributed by atoms with E-state index < -0.39 is 0 Å². The Morgan fingerprint density at radius 3 is 2.79 bits per heavy atom. The second kappa shape index (κ2) is 5.67. The Hall–Kier alpha value is -1.00. The average Bonchev–Trinajstić information content (AvgIpc) is 2.26. The van der Waals surface area contributed by atoms with Gasteiger partial charge in [-0.2, -0.15) is 0 Å². The highest BCUT2D eigenvalue weighted by atomic mass is 16.3.